The number of H-pyrrole nitrogens is 1. The van der Waals surface area contributed by atoms with Crippen molar-refractivity contribution in [3.63, 3.8) is 0 Å². The van der Waals surface area contributed by atoms with Crippen molar-refractivity contribution in [2.75, 3.05) is 0 Å². The second kappa shape index (κ2) is 9.02. The first-order chi connectivity index (χ1) is 16.0. The summed E-state index contributed by atoms with van der Waals surface area (Å²) >= 11 is 13.6. The molecule has 0 unspecified atom stereocenters. The molecule has 33 heavy (non-hydrogen) atoms. The van der Waals surface area contributed by atoms with Gasteiger partial charge in [0.2, 0.25) is 0 Å². The van der Waals surface area contributed by atoms with E-state index in [1.54, 1.807) is 18.2 Å². The number of aromatic nitrogens is 5. The van der Waals surface area contributed by atoms with Crippen molar-refractivity contribution >= 4 is 45.9 Å². The van der Waals surface area contributed by atoms with Gasteiger partial charge < -0.3 is 4.98 Å². The van der Waals surface area contributed by atoms with Crippen molar-refractivity contribution < 1.29 is 0 Å². The first kappa shape index (κ1) is 21.7. The number of hydrogen-bond donors (Lipinski definition) is 1. The van der Waals surface area contributed by atoms with Crippen molar-refractivity contribution in [2.45, 2.75) is 17.8 Å². The highest BCUT2D eigenvalue weighted by molar-refractivity contribution is 7.98. The lowest BCUT2D eigenvalue weighted by atomic mass is 10.1. The van der Waals surface area contributed by atoms with Crippen molar-refractivity contribution in [3.05, 3.63) is 98.5 Å². The summed E-state index contributed by atoms with van der Waals surface area (Å²) in [5.74, 6) is 1.64. The molecule has 0 bridgehead atoms. The molecule has 0 saturated heterocycles. The van der Waals surface area contributed by atoms with Gasteiger partial charge in [-0.2, -0.15) is 0 Å². The number of hydrogen-bond acceptors (Lipinski definition) is 5. The largest absolute Gasteiger partial charge is 0.309 e. The number of nitrogens with zero attached hydrogens (tertiary/aromatic N) is 4. The van der Waals surface area contributed by atoms with E-state index >= 15 is 0 Å². The zero-order valence-electron chi connectivity index (χ0n) is 17.4. The maximum atomic E-state index is 12.5. The summed E-state index contributed by atoms with van der Waals surface area (Å²) in [5, 5.41) is 11.3. The Morgan fingerprint density at radius 2 is 1.73 bits per heavy atom. The van der Waals surface area contributed by atoms with Gasteiger partial charge in [-0.05, 0) is 61.0 Å². The van der Waals surface area contributed by atoms with Gasteiger partial charge in [0, 0.05) is 15.6 Å². The Balaban J connectivity index is 1.55. The molecule has 0 saturated carbocycles. The molecule has 164 valence electrons. The first-order valence-electron chi connectivity index (χ1n) is 10.1. The van der Waals surface area contributed by atoms with Gasteiger partial charge in [0.05, 0.1) is 22.3 Å². The molecule has 9 heteroatoms. The van der Waals surface area contributed by atoms with Crippen LogP contribution in [0.4, 0.5) is 0 Å². The van der Waals surface area contributed by atoms with Crippen LogP contribution in [-0.2, 0) is 5.75 Å². The van der Waals surface area contributed by atoms with Crippen molar-refractivity contribution in [1.82, 2.24) is 24.7 Å². The van der Waals surface area contributed by atoms with E-state index in [1.165, 1.54) is 11.8 Å². The van der Waals surface area contributed by atoms with Crippen molar-refractivity contribution in [1.29, 1.82) is 0 Å². The van der Waals surface area contributed by atoms with Gasteiger partial charge in [-0.25, -0.2) is 4.98 Å². The SMILES string of the molecule is Cc1ccccc1-n1c(SCc2nc3cc(Cl)ccc3c(=O)[nH]2)nnc1-c1ccc(Cl)cc1. The van der Waals surface area contributed by atoms with Gasteiger partial charge in [0.25, 0.3) is 5.56 Å². The van der Waals surface area contributed by atoms with Crippen LogP contribution in [0.5, 0.6) is 0 Å². The van der Waals surface area contributed by atoms with E-state index < -0.39 is 0 Å². The standard InChI is InChI=1S/C24H17Cl2N5OS/c1-14-4-2-3-5-20(14)31-22(15-6-8-16(25)9-7-15)29-30-24(31)33-13-21-27-19-12-17(26)10-11-18(19)23(32)28-21/h2-12H,13H2,1H3,(H,27,28,32). The molecule has 5 aromatic rings. The minimum Gasteiger partial charge on any atom is -0.309 e. The number of aryl methyl sites for hydroxylation is 1. The monoisotopic (exact) mass is 493 g/mol. The topological polar surface area (TPSA) is 76.5 Å². The summed E-state index contributed by atoms with van der Waals surface area (Å²) in [6.07, 6.45) is 0. The van der Waals surface area contributed by atoms with Crippen LogP contribution in [0.2, 0.25) is 10.0 Å². The molecule has 0 radical (unpaired) electrons. The number of nitrogens with one attached hydrogen (secondary N) is 1. The molecule has 5 rings (SSSR count). The molecule has 1 N–H and O–H groups in total. The number of rotatable bonds is 5. The Bertz CT molecular complexity index is 1530. The molecule has 0 aliphatic rings. The van der Waals surface area contributed by atoms with Crippen molar-refractivity contribution in [3.8, 4) is 17.1 Å². The van der Waals surface area contributed by atoms with Crippen LogP contribution < -0.4 is 5.56 Å². The fraction of sp³-hybridized carbons (Fsp3) is 0.0833. The Kier molecular flexibility index (Phi) is 5.93. The summed E-state index contributed by atoms with van der Waals surface area (Å²) in [4.78, 5) is 19.9. The van der Waals surface area contributed by atoms with Gasteiger partial charge in [-0.1, -0.05) is 53.2 Å². The third-order valence-electron chi connectivity index (χ3n) is 5.15. The van der Waals surface area contributed by atoms with E-state index in [0.717, 1.165) is 16.8 Å². The fourth-order valence-corrected chi connectivity index (χ4v) is 4.65. The number of fused-ring (bicyclic) bond motifs is 1. The lowest BCUT2D eigenvalue weighted by Gasteiger charge is -2.13. The van der Waals surface area contributed by atoms with Gasteiger partial charge in [-0.15, -0.1) is 10.2 Å². The highest BCUT2D eigenvalue weighted by atomic mass is 35.5. The average Bonchev–Trinajstić information content (AvgIpc) is 3.22. The lowest BCUT2D eigenvalue weighted by Crippen LogP contribution is -2.11. The van der Waals surface area contributed by atoms with Crippen LogP contribution in [-0.4, -0.2) is 24.7 Å². The molecule has 0 spiro atoms. The summed E-state index contributed by atoms with van der Waals surface area (Å²) in [7, 11) is 0. The Morgan fingerprint density at radius 1 is 0.970 bits per heavy atom. The molecule has 3 aromatic carbocycles. The van der Waals surface area contributed by atoms with Gasteiger partial charge in [-0.3, -0.25) is 9.36 Å². The van der Waals surface area contributed by atoms with Crippen molar-refractivity contribution in [2.24, 2.45) is 0 Å². The van der Waals surface area contributed by atoms with Crippen LogP contribution in [0.15, 0.2) is 76.7 Å². The number of para-hydroxylation sites is 1. The van der Waals surface area contributed by atoms with E-state index in [2.05, 4.69) is 20.2 Å². The average molecular weight is 494 g/mol. The summed E-state index contributed by atoms with van der Waals surface area (Å²) in [6.45, 7) is 2.04. The molecule has 0 amide bonds. The fourth-order valence-electron chi connectivity index (χ4n) is 3.54. The molecule has 0 aliphatic heterocycles. The third kappa shape index (κ3) is 4.39. The van der Waals surface area contributed by atoms with E-state index in [-0.39, 0.29) is 5.56 Å². The van der Waals surface area contributed by atoms with E-state index in [1.807, 2.05) is 60.0 Å². The quantitative estimate of drug-likeness (QED) is 0.300. The smallest absolute Gasteiger partial charge is 0.258 e. The number of halogens is 2. The Hall–Kier alpha value is -3.13. The summed E-state index contributed by atoms with van der Waals surface area (Å²) in [5.41, 5.74) is 3.32. The molecule has 2 aromatic heterocycles. The number of thioether (sulfide) groups is 1. The van der Waals surface area contributed by atoms with E-state index in [0.29, 0.717) is 43.5 Å². The normalized spacial score (nSPS) is 11.2. The lowest BCUT2D eigenvalue weighted by molar-refractivity contribution is 0.878. The third-order valence-corrected chi connectivity index (χ3v) is 6.58. The zero-order valence-corrected chi connectivity index (χ0v) is 19.7. The minimum atomic E-state index is -0.200. The molecule has 2 heterocycles. The predicted octanol–water partition coefficient (Wildman–Crippen LogP) is 6.08. The molecular weight excluding hydrogens is 477 g/mol. The van der Waals surface area contributed by atoms with Crippen LogP contribution in [0.1, 0.15) is 11.4 Å². The highest BCUT2D eigenvalue weighted by Crippen LogP contribution is 2.31. The summed E-state index contributed by atoms with van der Waals surface area (Å²) in [6, 6.07) is 20.6. The predicted molar refractivity (Wildman–Crippen MR) is 133 cm³/mol. The van der Waals surface area contributed by atoms with Crippen LogP contribution in [0.25, 0.3) is 28.0 Å². The molecule has 0 aliphatic carbocycles. The minimum absolute atomic E-state index is 0.200. The van der Waals surface area contributed by atoms with Gasteiger partial charge in [0.1, 0.15) is 5.82 Å². The Morgan fingerprint density at radius 3 is 2.52 bits per heavy atom. The van der Waals surface area contributed by atoms with Crippen LogP contribution in [0, 0.1) is 6.92 Å². The highest BCUT2D eigenvalue weighted by Gasteiger charge is 2.18. The number of aromatic amines is 1. The Labute approximate surface area is 203 Å². The molecule has 0 fully saturated rings. The van der Waals surface area contributed by atoms with Crippen LogP contribution >= 0.6 is 35.0 Å². The molecule has 0 atom stereocenters. The van der Waals surface area contributed by atoms with E-state index in [4.69, 9.17) is 23.2 Å². The van der Waals surface area contributed by atoms with Gasteiger partial charge in [0.15, 0.2) is 11.0 Å². The van der Waals surface area contributed by atoms with Gasteiger partial charge >= 0.3 is 0 Å². The second-order valence-electron chi connectivity index (χ2n) is 7.40. The molecular formula is C24H17Cl2N5OS. The zero-order chi connectivity index (χ0) is 22.9. The summed E-state index contributed by atoms with van der Waals surface area (Å²) < 4.78 is 2.01. The maximum Gasteiger partial charge on any atom is 0.258 e. The number of benzene rings is 3. The molecule has 6 nitrogen and oxygen atoms in total. The van der Waals surface area contributed by atoms with Crippen LogP contribution in [0.3, 0.4) is 0 Å². The first-order valence-corrected chi connectivity index (χ1v) is 11.8. The maximum absolute atomic E-state index is 12.5. The second-order valence-corrected chi connectivity index (χ2v) is 9.21. The van der Waals surface area contributed by atoms with E-state index in [9.17, 15) is 4.79 Å².